The molecule has 0 aromatic carbocycles. The van der Waals surface area contributed by atoms with E-state index in [1.807, 2.05) is 0 Å². The standard InChI is InChI=1S/2C18H37NO.C4H12N2O/c2*1-2-3-4-5-6-7-8-9-10-11-12-13-14-15-16-17-18(19)20;5-2-1-4(7)3-6/h2*2-17H2,1H3,(H2,19,20);4,7H,1-3,5-6H2. The van der Waals surface area contributed by atoms with Crippen LogP contribution in [0, 0.1) is 0 Å². The molecule has 1 unspecified atom stereocenters. The number of hydrogen-bond acceptors (Lipinski definition) is 5. The Morgan fingerprint density at radius 3 is 0.787 bits per heavy atom. The molecule has 0 heterocycles. The SMILES string of the molecule is CCCCCCCCCCCCCCCCCC(N)=O.CCCCCCCCCCCCCCCCCC(N)=O.NCCC(O)CN. The van der Waals surface area contributed by atoms with Gasteiger partial charge in [0.05, 0.1) is 6.10 Å². The Hall–Kier alpha value is -1.18. The van der Waals surface area contributed by atoms with E-state index in [1.165, 1.54) is 180 Å². The molecule has 0 radical (unpaired) electrons. The van der Waals surface area contributed by atoms with Crippen molar-refractivity contribution >= 4 is 11.8 Å². The maximum absolute atomic E-state index is 10.6. The molecule has 0 saturated carbocycles. The third-order valence-electron chi connectivity index (χ3n) is 8.83. The highest BCUT2D eigenvalue weighted by atomic mass is 16.3. The molecule has 7 nitrogen and oxygen atoms in total. The van der Waals surface area contributed by atoms with Crippen LogP contribution in [-0.2, 0) is 9.59 Å². The van der Waals surface area contributed by atoms with E-state index < -0.39 is 6.10 Å². The summed E-state index contributed by atoms with van der Waals surface area (Å²) in [7, 11) is 0. The lowest BCUT2D eigenvalue weighted by molar-refractivity contribution is -0.119. The second kappa shape index (κ2) is 46.9. The lowest BCUT2D eigenvalue weighted by Gasteiger charge is -2.03. The van der Waals surface area contributed by atoms with E-state index in [1.54, 1.807) is 0 Å². The predicted octanol–water partition coefficient (Wildman–Crippen LogP) is 10.1. The molecule has 0 aromatic rings. The molecule has 284 valence electrons. The topological polar surface area (TPSA) is 158 Å². The fourth-order valence-corrected chi connectivity index (χ4v) is 5.65. The van der Waals surface area contributed by atoms with Gasteiger partial charge in [-0.2, -0.15) is 0 Å². The molecular weight excluding hydrogens is 584 g/mol. The third-order valence-corrected chi connectivity index (χ3v) is 8.83. The number of unbranched alkanes of at least 4 members (excludes halogenated alkanes) is 28. The van der Waals surface area contributed by atoms with Gasteiger partial charge in [-0.05, 0) is 25.8 Å². The van der Waals surface area contributed by atoms with Crippen LogP contribution in [0.4, 0.5) is 0 Å². The fourth-order valence-electron chi connectivity index (χ4n) is 5.65. The van der Waals surface area contributed by atoms with Crippen LogP contribution in [0.25, 0.3) is 0 Å². The minimum atomic E-state index is -0.398. The Bertz CT molecular complexity index is 548. The summed E-state index contributed by atoms with van der Waals surface area (Å²) >= 11 is 0. The molecule has 9 N–H and O–H groups in total. The third kappa shape index (κ3) is 57.5. The first kappa shape index (κ1) is 50.2. The highest BCUT2D eigenvalue weighted by Gasteiger charge is 1.98. The van der Waals surface area contributed by atoms with Crippen molar-refractivity contribution in [2.24, 2.45) is 22.9 Å². The number of nitrogens with two attached hydrogens (primary N) is 4. The zero-order valence-electron chi connectivity index (χ0n) is 31.9. The van der Waals surface area contributed by atoms with Gasteiger partial charge in [0.1, 0.15) is 0 Å². The summed E-state index contributed by atoms with van der Waals surface area (Å²) in [5.74, 6) is -0.306. The molecular formula is C40H86N4O3. The van der Waals surface area contributed by atoms with Crippen molar-refractivity contribution in [2.45, 2.75) is 232 Å². The number of aliphatic hydroxyl groups is 1. The first-order chi connectivity index (χ1) is 22.8. The number of carbonyl (C=O) groups excluding carboxylic acids is 2. The quantitative estimate of drug-likeness (QED) is 0.0424. The van der Waals surface area contributed by atoms with E-state index in [4.69, 9.17) is 28.0 Å². The molecule has 0 rings (SSSR count). The van der Waals surface area contributed by atoms with Crippen LogP contribution >= 0.6 is 0 Å². The molecule has 1 atom stereocenters. The van der Waals surface area contributed by atoms with Gasteiger partial charge in [-0.15, -0.1) is 0 Å². The van der Waals surface area contributed by atoms with Gasteiger partial charge in [0, 0.05) is 19.4 Å². The van der Waals surface area contributed by atoms with Crippen LogP contribution in [0.5, 0.6) is 0 Å². The molecule has 7 heteroatoms. The van der Waals surface area contributed by atoms with Crippen LogP contribution in [-0.4, -0.2) is 36.1 Å². The van der Waals surface area contributed by atoms with Gasteiger partial charge < -0.3 is 28.0 Å². The van der Waals surface area contributed by atoms with Gasteiger partial charge in [-0.25, -0.2) is 0 Å². The molecule has 2 amide bonds. The molecule has 0 aliphatic heterocycles. The van der Waals surface area contributed by atoms with Gasteiger partial charge in [-0.1, -0.05) is 194 Å². The van der Waals surface area contributed by atoms with Crippen LogP contribution in [0.1, 0.15) is 226 Å². The predicted molar refractivity (Wildman–Crippen MR) is 206 cm³/mol. The summed E-state index contributed by atoms with van der Waals surface area (Å²) in [6.07, 6.45) is 42.0. The molecule has 0 aliphatic carbocycles. The Morgan fingerprint density at radius 1 is 0.426 bits per heavy atom. The molecule has 0 saturated heterocycles. The van der Waals surface area contributed by atoms with Gasteiger partial charge >= 0.3 is 0 Å². The first-order valence-corrected chi connectivity index (χ1v) is 20.5. The molecule has 0 aromatic heterocycles. The van der Waals surface area contributed by atoms with Gasteiger partial charge in [0.2, 0.25) is 11.8 Å². The largest absolute Gasteiger partial charge is 0.392 e. The van der Waals surface area contributed by atoms with Crippen molar-refractivity contribution in [1.29, 1.82) is 0 Å². The molecule has 47 heavy (non-hydrogen) atoms. The van der Waals surface area contributed by atoms with E-state index >= 15 is 0 Å². The monoisotopic (exact) mass is 671 g/mol. The Labute approximate surface area is 293 Å². The molecule has 0 fully saturated rings. The average Bonchev–Trinajstić information content (AvgIpc) is 3.05. The van der Waals surface area contributed by atoms with Crippen LogP contribution in [0.3, 0.4) is 0 Å². The van der Waals surface area contributed by atoms with E-state index in [0.29, 0.717) is 32.4 Å². The minimum Gasteiger partial charge on any atom is -0.392 e. The smallest absolute Gasteiger partial charge is 0.217 e. The first-order valence-electron chi connectivity index (χ1n) is 20.5. The van der Waals surface area contributed by atoms with Gasteiger partial charge in [-0.3, -0.25) is 9.59 Å². The Morgan fingerprint density at radius 2 is 0.638 bits per heavy atom. The van der Waals surface area contributed by atoms with Crippen molar-refractivity contribution in [1.82, 2.24) is 0 Å². The number of hydrogen-bond donors (Lipinski definition) is 5. The summed E-state index contributed by atoms with van der Waals surface area (Å²) in [4.78, 5) is 21.1. The van der Waals surface area contributed by atoms with Crippen molar-refractivity contribution in [3.05, 3.63) is 0 Å². The molecule has 0 aliphatic rings. The van der Waals surface area contributed by atoms with E-state index in [9.17, 15) is 9.59 Å². The van der Waals surface area contributed by atoms with Crippen molar-refractivity contribution in [3.63, 3.8) is 0 Å². The second-order valence-corrected chi connectivity index (χ2v) is 13.8. The maximum Gasteiger partial charge on any atom is 0.217 e. The number of aliphatic hydroxyl groups excluding tert-OH is 1. The van der Waals surface area contributed by atoms with Crippen LogP contribution in [0.2, 0.25) is 0 Å². The maximum atomic E-state index is 10.6. The number of amides is 2. The summed E-state index contributed by atoms with van der Waals surface area (Å²) in [5.41, 5.74) is 20.4. The minimum absolute atomic E-state index is 0.153. The van der Waals surface area contributed by atoms with Gasteiger partial charge in [0.25, 0.3) is 0 Å². The van der Waals surface area contributed by atoms with Crippen molar-refractivity contribution < 1.29 is 14.7 Å². The lowest BCUT2D eigenvalue weighted by Crippen LogP contribution is -2.22. The Kier molecular flexibility index (Phi) is 50.1. The van der Waals surface area contributed by atoms with Crippen LogP contribution in [0.15, 0.2) is 0 Å². The summed E-state index contributed by atoms with van der Waals surface area (Å²) in [5, 5.41) is 8.65. The Balaban J connectivity index is -0.000000685. The summed E-state index contributed by atoms with van der Waals surface area (Å²) in [6, 6.07) is 0. The average molecular weight is 671 g/mol. The zero-order chi connectivity index (χ0) is 35.5. The number of primary amides is 2. The highest BCUT2D eigenvalue weighted by molar-refractivity contribution is 5.73. The van der Waals surface area contributed by atoms with E-state index in [2.05, 4.69) is 13.8 Å². The lowest BCUT2D eigenvalue weighted by atomic mass is 10.0. The van der Waals surface area contributed by atoms with E-state index in [0.717, 1.165) is 12.8 Å². The van der Waals surface area contributed by atoms with Crippen molar-refractivity contribution in [3.8, 4) is 0 Å². The highest BCUT2D eigenvalue weighted by Crippen LogP contribution is 2.15. The normalized spacial score (nSPS) is 11.3. The molecule has 0 spiro atoms. The van der Waals surface area contributed by atoms with Crippen LogP contribution < -0.4 is 22.9 Å². The zero-order valence-corrected chi connectivity index (χ0v) is 31.9. The van der Waals surface area contributed by atoms with Gasteiger partial charge in [0.15, 0.2) is 0 Å². The summed E-state index contributed by atoms with van der Waals surface area (Å²) in [6.45, 7) is 5.38. The summed E-state index contributed by atoms with van der Waals surface area (Å²) < 4.78 is 0. The van der Waals surface area contributed by atoms with E-state index in [-0.39, 0.29) is 11.8 Å². The fraction of sp³-hybridized carbons (Fsp3) is 0.950. The second-order valence-electron chi connectivity index (χ2n) is 13.8. The van der Waals surface area contributed by atoms with Crippen molar-refractivity contribution in [2.75, 3.05) is 13.1 Å². The number of carbonyl (C=O) groups is 2. The molecule has 0 bridgehead atoms. The number of rotatable bonds is 35.